The lowest BCUT2D eigenvalue weighted by Gasteiger charge is -2.16. The molecular formula is C11H8O4. The van der Waals surface area contributed by atoms with Gasteiger partial charge in [0.25, 0.3) is 0 Å². The van der Waals surface area contributed by atoms with E-state index in [0.29, 0.717) is 0 Å². The highest BCUT2D eigenvalue weighted by molar-refractivity contribution is 6.53. The number of hydrogen-bond acceptors (Lipinski definition) is 4. The lowest BCUT2D eigenvalue weighted by molar-refractivity contribution is -0.146. The SMILES string of the molecule is CC1=CC(=O)C2(C(=O)C=C(C)C2=O)C1=O. The van der Waals surface area contributed by atoms with E-state index in [1.54, 1.807) is 0 Å². The predicted molar refractivity (Wildman–Crippen MR) is 50.0 cm³/mol. The van der Waals surface area contributed by atoms with Gasteiger partial charge in [0.15, 0.2) is 23.1 Å². The van der Waals surface area contributed by atoms with Crippen molar-refractivity contribution in [2.24, 2.45) is 5.41 Å². The quantitative estimate of drug-likeness (QED) is 0.527. The van der Waals surface area contributed by atoms with Gasteiger partial charge in [-0.3, -0.25) is 19.2 Å². The van der Waals surface area contributed by atoms with E-state index in [0.717, 1.165) is 12.2 Å². The van der Waals surface area contributed by atoms with Crippen molar-refractivity contribution in [2.75, 3.05) is 0 Å². The first kappa shape index (κ1) is 9.71. The molecule has 0 aliphatic heterocycles. The average Bonchev–Trinajstić information content (AvgIpc) is 2.50. The van der Waals surface area contributed by atoms with Gasteiger partial charge in [-0.1, -0.05) is 0 Å². The molecule has 4 heteroatoms. The molecule has 0 N–H and O–H groups in total. The lowest BCUT2D eigenvalue weighted by Crippen LogP contribution is -2.45. The highest BCUT2D eigenvalue weighted by Crippen LogP contribution is 2.39. The van der Waals surface area contributed by atoms with Crippen molar-refractivity contribution >= 4 is 23.1 Å². The van der Waals surface area contributed by atoms with E-state index in [-0.39, 0.29) is 11.1 Å². The van der Waals surface area contributed by atoms with Gasteiger partial charge in [-0.05, 0) is 37.1 Å². The smallest absolute Gasteiger partial charge is 0.219 e. The van der Waals surface area contributed by atoms with E-state index in [2.05, 4.69) is 0 Å². The Labute approximate surface area is 85.6 Å². The van der Waals surface area contributed by atoms with Crippen LogP contribution >= 0.6 is 0 Å². The van der Waals surface area contributed by atoms with E-state index < -0.39 is 28.5 Å². The molecule has 0 bridgehead atoms. The molecule has 0 saturated carbocycles. The van der Waals surface area contributed by atoms with E-state index >= 15 is 0 Å². The topological polar surface area (TPSA) is 68.3 Å². The molecule has 0 fully saturated rings. The normalized spacial score (nSPS) is 23.9. The van der Waals surface area contributed by atoms with Crippen LogP contribution in [0.1, 0.15) is 13.8 Å². The summed E-state index contributed by atoms with van der Waals surface area (Å²) in [6, 6.07) is 0. The van der Waals surface area contributed by atoms with Gasteiger partial charge < -0.3 is 0 Å². The third kappa shape index (κ3) is 0.862. The molecule has 0 aromatic rings. The summed E-state index contributed by atoms with van der Waals surface area (Å²) in [5.41, 5.74) is -1.73. The predicted octanol–water partition coefficient (Wildman–Crippen LogP) is 0.169. The van der Waals surface area contributed by atoms with Crippen molar-refractivity contribution in [1.82, 2.24) is 0 Å². The van der Waals surface area contributed by atoms with Gasteiger partial charge in [-0.2, -0.15) is 0 Å². The van der Waals surface area contributed by atoms with E-state index in [4.69, 9.17) is 0 Å². The minimum Gasteiger partial charge on any atom is -0.293 e. The Balaban J connectivity index is 2.66. The zero-order valence-corrected chi connectivity index (χ0v) is 8.29. The summed E-state index contributed by atoms with van der Waals surface area (Å²) in [5, 5.41) is 0. The summed E-state index contributed by atoms with van der Waals surface area (Å²) in [6.07, 6.45) is 2.15. The molecule has 0 aromatic heterocycles. The van der Waals surface area contributed by atoms with Gasteiger partial charge in [0.05, 0.1) is 0 Å². The number of allylic oxidation sites excluding steroid dienone is 4. The van der Waals surface area contributed by atoms with Gasteiger partial charge in [0, 0.05) is 0 Å². The van der Waals surface area contributed by atoms with Crippen LogP contribution in [-0.2, 0) is 19.2 Å². The fraction of sp³-hybridized carbons (Fsp3) is 0.273. The molecule has 0 saturated heterocycles. The monoisotopic (exact) mass is 204 g/mol. The number of ketones is 4. The maximum atomic E-state index is 11.7. The van der Waals surface area contributed by atoms with Crippen LogP contribution < -0.4 is 0 Å². The van der Waals surface area contributed by atoms with Crippen molar-refractivity contribution in [3.8, 4) is 0 Å². The summed E-state index contributed by atoms with van der Waals surface area (Å²) in [7, 11) is 0. The number of hydrogen-bond donors (Lipinski definition) is 0. The van der Waals surface area contributed by atoms with Crippen LogP contribution in [0.5, 0.6) is 0 Å². The summed E-state index contributed by atoms with van der Waals surface area (Å²) in [5.74, 6) is -2.74. The van der Waals surface area contributed by atoms with Crippen LogP contribution in [0.3, 0.4) is 0 Å². The van der Waals surface area contributed by atoms with Crippen molar-refractivity contribution in [2.45, 2.75) is 13.8 Å². The fourth-order valence-electron chi connectivity index (χ4n) is 2.00. The molecule has 0 amide bonds. The van der Waals surface area contributed by atoms with Gasteiger partial charge >= 0.3 is 0 Å². The van der Waals surface area contributed by atoms with Crippen LogP contribution in [0.2, 0.25) is 0 Å². The van der Waals surface area contributed by atoms with E-state index in [1.807, 2.05) is 0 Å². The minimum absolute atomic E-state index is 0.171. The molecule has 76 valence electrons. The first-order valence-corrected chi connectivity index (χ1v) is 4.47. The molecule has 2 aliphatic rings. The van der Waals surface area contributed by atoms with Crippen LogP contribution in [0.15, 0.2) is 23.3 Å². The first-order valence-electron chi connectivity index (χ1n) is 4.47. The third-order valence-corrected chi connectivity index (χ3v) is 2.83. The summed E-state index contributed by atoms with van der Waals surface area (Å²) < 4.78 is 0. The Bertz CT molecular complexity index is 445. The molecule has 4 nitrogen and oxygen atoms in total. The molecule has 0 atom stereocenters. The fourth-order valence-corrected chi connectivity index (χ4v) is 2.00. The number of rotatable bonds is 0. The van der Waals surface area contributed by atoms with Gasteiger partial charge in [-0.15, -0.1) is 0 Å². The Kier molecular flexibility index (Phi) is 1.68. The molecule has 0 unspecified atom stereocenters. The summed E-state index contributed by atoms with van der Waals surface area (Å²) in [4.78, 5) is 46.7. The third-order valence-electron chi connectivity index (χ3n) is 2.83. The van der Waals surface area contributed by atoms with Crippen LogP contribution in [0, 0.1) is 5.41 Å². The number of Topliss-reactive ketones (excluding diaryl/α,β-unsaturated/α-hetero) is 2. The van der Waals surface area contributed by atoms with Gasteiger partial charge in [-0.25, -0.2) is 0 Å². The number of carbonyl (C=O) groups excluding carboxylic acids is 4. The van der Waals surface area contributed by atoms with Crippen LogP contribution in [0.25, 0.3) is 0 Å². The Morgan fingerprint density at radius 1 is 0.800 bits per heavy atom. The summed E-state index contributed by atoms with van der Waals surface area (Å²) in [6.45, 7) is 2.87. The van der Waals surface area contributed by atoms with E-state index in [1.165, 1.54) is 13.8 Å². The van der Waals surface area contributed by atoms with E-state index in [9.17, 15) is 19.2 Å². The van der Waals surface area contributed by atoms with Crippen LogP contribution in [-0.4, -0.2) is 23.1 Å². The van der Waals surface area contributed by atoms with Gasteiger partial charge in [0.2, 0.25) is 5.41 Å². The van der Waals surface area contributed by atoms with Gasteiger partial charge in [0.1, 0.15) is 0 Å². The Hall–Kier alpha value is -1.84. The summed E-state index contributed by atoms with van der Waals surface area (Å²) >= 11 is 0. The zero-order chi connectivity index (χ0) is 11.4. The van der Waals surface area contributed by atoms with Crippen molar-refractivity contribution in [3.63, 3.8) is 0 Å². The lowest BCUT2D eigenvalue weighted by atomic mass is 9.77. The van der Waals surface area contributed by atoms with Crippen molar-refractivity contribution < 1.29 is 19.2 Å². The Morgan fingerprint density at radius 3 is 1.33 bits per heavy atom. The molecule has 0 heterocycles. The largest absolute Gasteiger partial charge is 0.293 e. The standard InChI is InChI=1S/C11H8O4/c1-5-3-7(12)11(9(5)14)8(13)4-6(2)10(11)15/h3-4H,1-2H3. The average molecular weight is 204 g/mol. The highest BCUT2D eigenvalue weighted by atomic mass is 16.2. The molecular weight excluding hydrogens is 196 g/mol. The molecule has 15 heavy (non-hydrogen) atoms. The Morgan fingerprint density at radius 2 is 1.13 bits per heavy atom. The molecule has 2 rings (SSSR count). The van der Waals surface area contributed by atoms with Crippen molar-refractivity contribution in [3.05, 3.63) is 23.3 Å². The second-order valence-corrected chi connectivity index (χ2v) is 3.79. The zero-order valence-electron chi connectivity index (χ0n) is 8.29. The highest BCUT2D eigenvalue weighted by Gasteiger charge is 2.62. The number of carbonyl (C=O) groups is 4. The second kappa shape index (κ2) is 2.59. The maximum Gasteiger partial charge on any atom is 0.219 e. The second-order valence-electron chi connectivity index (χ2n) is 3.79. The first-order chi connectivity index (χ1) is 6.92. The molecule has 1 spiro atoms. The molecule has 0 aromatic carbocycles. The molecule has 2 aliphatic carbocycles. The molecule has 0 radical (unpaired) electrons. The van der Waals surface area contributed by atoms with Crippen LogP contribution in [0.4, 0.5) is 0 Å². The minimum atomic E-state index is -2.08. The maximum absolute atomic E-state index is 11.7. The van der Waals surface area contributed by atoms with Crippen molar-refractivity contribution in [1.29, 1.82) is 0 Å².